The van der Waals surface area contributed by atoms with E-state index >= 15 is 0 Å². The number of piperidine rings is 1. The molecule has 0 aromatic rings. The van der Waals surface area contributed by atoms with Gasteiger partial charge in [0, 0.05) is 114 Å². The van der Waals surface area contributed by atoms with E-state index in [9.17, 15) is 0 Å². The lowest BCUT2D eigenvalue weighted by Gasteiger charge is -2.42. The van der Waals surface area contributed by atoms with E-state index in [1.165, 1.54) is 58.5 Å². The molecule has 0 saturated carbocycles. The fraction of sp³-hybridized carbons (Fsp3) is 1.00. The standard InChI is InChI=1S/C14H30N4O.C9H20N2.C9H19N.C8H17NO.3CH4/c1-14(2,3)17-6-8-18(9-7-17)15-4-5-16-10-12-19-13-11-16;1-9(2,3)11-7-5-10(4)6-8-11;1-9(2,3)10-7-5-4-6-8-10;1-8(2,3)9-4-6-10-7-5-9;;;/h15H,4-13H2,1-3H3;5-8H2,1-4H3;4-8H2,1-3H3;4-7H2,1-3H3;3*1H4. The molecule has 0 aromatic carbocycles. The van der Waals surface area contributed by atoms with Gasteiger partial charge in [0.1, 0.15) is 0 Å². The molecular formula is C43H98N8O2. The Morgan fingerprint density at radius 1 is 0.415 bits per heavy atom. The molecule has 0 spiro atoms. The molecule has 0 aliphatic carbocycles. The summed E-state index contributed by atoms with van der Waals surface area (Å²) in [4.78, 5) is 15.0. The van der Waals surface area contributed by atoms with Crippen LogP contribution >= 0.6 is 0 Å². The van der Waals surface area contributed by atoms with Gasteiger partial charge in [0.25, 0.3) is 0 Å². The molecule has 0 bridgehead atoms. The molecule has 5 fully saturated rings. The van der Waals surface area contributed by atoms with Crippen LogP contribution in [0.5, 0.6) is 0 Å². The van der Waals surface area contributed by atoms with Gasteiger partial charge in [-0.05, 0) is 116 Å². The Bertz CT molecular complexity index is 817. The maximum atomic E-state index is 5.36. The normalized spacial score (nSPS) is 22.6. The van der Waals surface area contributed by atoms with Crippen LogP contribution in [0.2, 0.25) is 0 Å². The lowest BCUT2D eigenvalue weighted by molar-refractivity contribution is -0.00389. The topological polar surface area (TPSA) is 53.2 Å². The number of nitrogens with one attached hydrogen (secondary N) is 1. The van der Waals surface area contributed by atoms with Crippen LogP contribution in [0.3, 0.4) is 0 Å². The molecule has 0 unspecified atom stereocenters. The number of likely N-dealkylation sites (N-methyl/N-ethyl adjacent to an activating group) is 1. The maximum absolute atomic E-state index is 5.36. The van der Waals surface area contributed by atoms with Gasteiger partial charge >= 0.3 is 0 Å². The van der Waals surface area contributed by atoms with Crippen molar-refractivity contribution < 1.29 is 9.47 Å². The van der Waals surface area contributed by atoms with E-state index in [1.54, 1.807) is 0 Å². The van der Waals surface area contributed by atoms with Gasteiger partial charge in [-0.15, -0.1) is 0 Å². The first kappa shape index (κ1) is 54.7. The van der Waals surface area contributed by atoms with Crippen molar-refractivity contribution in [3.8, 4) is 0 Å². The van der Waals surface area contributed by atoms with Crippen molar-refractivity contribution >= 4 is 0 Å². The number of hydrazine groups is 1. The average molecular weight is 759 g/mol. The summed E-state index contributed by atoms with van der Waals surface area (Å²) in [5.41, 5.74) is 4.96. The predicted molar refractivity (Wildman–Crippen MR) is 234 cm³/mol. The van der Waals surface area contributed by atoms with E-state index in [4.69, 9.17) is 9.47 Å². The lowest BCUT2D eigenvalue weighted by Crippen LogP contribution is -2.57. The Balaban J connectivity index is 0. The van der Waals surface area contributed by atoms with Crippen LogP contribution in [0.25, 0.3) is 0 Å². The van der Waals surface area contributed by atoms with Crippen molar-refractivity contribution in [3.63, 3.8) is 0 Å². The molecule has 5 saturated heterocycles. The van der Waals surface area contributed by atoms with Gasteiger partial charge in [-0.2, -0.15) is 0 Å². The van der Waals surface area contributed by atoms with Crippen molar-refractivity contribution in [3.05, 3.63) is 0 Å². The summed E-state index contributed by atoms with van der Waals surface area (Å²) in [6.45, 7) is 49.6. The van der Waals surface area contributed by atoms with Crippen LogP contribution in [-0.2, 0) is 9.47 Å². The van der Waals surface area contributed by atoms with Crippen molar-refractivity contribution in [1.29, 1.82) is 0 Å². The van der Waals surface area contributed by atoms with Gasteiger partial charge < -0.3 is 14.4 Å². The maximum Gasteiger partial charge on any atom is 0.0594 e. The molecule has 1 N–H and O–H groups in total. The zero-order valence-corrected chi connectivity index (χ0v) is 35.7. The number of rotatable bonds is 4. The highest BCUT2D eigenvalue weighted by molar-refractivity contribution is 4.82. The fourth-order valence-corrected chi connectivity index (χ4v) is 7.00. The van der Waals surface area contributed by atoms with Crippen LogP contribution in [0.1, 0.15) is 125 Å². The second-order valence-corrected chi connectivity index (χ2v) is 19.0. The Labute approximate surface area is 333 Å². The van der Waals surface area contributed by atoms with E-state index in [0.29, 0.717) is 22.2 Å². The molecular weight excluding hydrogens is 661 g/mol. The van der Waals surface area contributed by atoms with E-state index in [0.717, 1.165) is 91.9 Å². The number of morpholine rings is 2. The summed E-state index contributed by atoms with van der Waals surface area (Å²) in [5, 5.41) is 2.38. The van der Waals surface area contributed by atoms with Crippen molar-refractivity contribution in [2.24, 2.45) is 0 Å². The van der Waals surface area contributed by atoms with Crippen LogP contribution in [-0.4, -0.2) is 195 Å². The highest BCUT2D eigenvalue weighted by atomic mass is 16.5. The average Bonchev–Trinajstić information content (AvgIpc) is 3.06. The highest BCUT2D eigenvalue weighted by Gasteiger charge is 2.27. The third kappa shape index (κ3) is 23.4. The number of piperazine rings is 2. The van der Waals surface area contributed by atoms with Gasteiger partial charge in [-0.1, -0.05) is 28.7 Å². The number of ether oxygens (including phenoxy) is 2. The van der Waals surface area contributed by atoms with Gasteiger partial charge in [0.05, 0.1) is 26.4 Å². The molecule has 53 heavy (non-hydrogen) atoms. The van der Waals surface area contributed by atoms with E-state index in [1.807, 2.05) is 0 Å². The lowest BCUT2D eigenvalue weighted by atomic mass is 10.0. The molecule has 0 aromatic heterocycles. The van der Waals surface area contributed by atoms with Gasteiger partial charge in [0.15, 0.2) is 0 Å². The molecule has 0 amide bonds. The molecule has 0 atom stereocenters. The molecule has 0 radical (unpaired) electrons. The van der Waals surface area contributed by atoms with Gasteiger partial charge in [-0.25, -0.2) is 5.01 Å². The molecule has 10 heteroatoms. The zero-order valence-electron chi connectivity index (χ0n) is 35.7. The van der Waals surface area contributed by atoms with E-state index in [2.05, 4.69) is 130 Å². The van der Waals surface area contributed by atoms with Crippen molar-refractivity contribution in [2.45, 2.75) is 147 Å². The smallest absolute Gasteiger partial charge is 0.0594 e. The summed E-state index contributed by atoms with van der Waals surface area (Å²) in [5.74, 6) is 0. The third-order valence-corrected chi connectivity index (χ3v) is 10.8. The van der Waals surface area contributed by atoms with Crippen LogP contribution in [0.4, 0.5) is 0 Å². The van der Waals surface area contributed by atoms with E-state index < -0.39 is 0 Å². The Hall–Kier alpha value is -0.400. The second-order valence-electron chi connectivity index (χ2n) is 19.0. The fourth-order valence-electron chi connectivity index (χ4n) is 7.00. The first-order valence-electron chi connectivity index (χ1n) is 20.3. The molecule has 5 aliphatic rings. The van der Waals surface area contributed by atoms with Crippen molar-refractivity contribution in [2.75, 3.05) is 138 Å². The number of hydrogen-bond acceptors (Lipinski definition) is 10. The summed E-state index contributed by atoms with van der Waals surface area (Å²) in [6, 6.07) is 0. The summed E-state index contributed by atoms with van der Waals surface area (Å²) in [7, 11) is 2.19. The Kier molecular flexibility index (Phi) is 27.4. The summed E-state index contributed by atoms with van der Waals surface area (Å²) >= 11 is 0. The van der Waals surface area contributed by atoms with Gasteiger partial charge in [0.2, 0.25) is 0 Å². The Morgan fingerprint density at radius 3 is 1.11 bits per heavy atom. The summed E-state index contributed by atoms with van der Waals surface area (Å²) < 4.78 is 10.6. The zero-order chi connectivity index (χ0) is 37.4. The first-order valence-corrected chi connectivity index (χ1v) is 20.3. The minimum absolute atomic E-state index is 0. The number of nitrogens with zero attached hydrogens (tertiary/aromatic N) is 7. The molecule has 322 valence electrons. The van der Waals surface area contributed by atoms with Crippen LogP contribution in [0, 0.1) is 0 Å². The van der Waals surface area contributed by atoms with Crippen molar-refractivity contribution in [1.82, 2.24) is 39.8 Å². The van der Waals surface area contributed by atoms with Crippen LogP contribution < -0.4 is 5.43 Å². The Morgan fingerprint density at radius 2 is 0.755 bits per heavy atom. The molecule has 10 nitrogen and oxygen atoms in total. The van der Waals surface area contributed by atoms with Gasteiger partial charge in [-0.3, -0.25) is 29.9 Å². The molecule has 5 rings (SSSR count). The summed E-state index contributed by atoms with van der Waals surface area (Å²) in [6.07, 6.45) is 4.24. The largest absolute Gasteiger partial charge is 0.379 e. The first-order chi connectivity index (χ1) is 23.3. The molecule has 5 aliphatic heterocycles. The number of hydrogen-bond donors (Lipinski definition) is 1. The number of likely N-dealkylation sites (tertiary alicyclic amines) is 1. The second kappa shape index (κ2) is 26.5. The monoisotopic (exact) mass is 759 g/mol. The SMILES string of the molecule is C.C.C.CC(C)(C)N1CCCCC1.CC(C)(C)N1CCN(NCCN2CCOCC2)CC1.CC(C)(C)N1CCOCC1.CN1CCN(C(C)(C)C)CC1. The highest BCUT2D eigenvalue weighted by Crippen LogP contribution is 2.19. The minimum Gasteiger partial charge on any atom is -0.379 e. The third-order valence-electron chi connectivity index (χ3n) is 10.8. The quantitative estimate of drug-likeness (QED) is 0.341. The van der Waals surface area contributed by atoms with E-state index in [-0.39, 0.29) is 22.3 Å². The predicted octanol–water partition coefficient (Wildman–Crippen LogP) is 6.57. The molecule has 5 heterocycles. The minimum atomic E-state index is 0. The van der Waals surface area contributed by atoms with Crippen LogP contribution in [0.15, 0.2) is 0 Å².